The molecule has 7 heteroatoms. The average Bonchev–Trinajstić information content (AvgIpc) is 3.11. The largest absolute Gasteiger partial charge is 0.490 e. The van der Waals surface area contributed by atoms with Crippen LogP contribution in [0.4, 0.5) is 11.4 Å². The Morgan fingerprint density at radius 3 is 2.43 bits per heavy atom. The highest BCUT2D eigenvalue weighted by atomic mass is 32.1. The van der Waals surface area contributed by atoms with Crippen molar-refractivity contribution in [3.8, 4) is 11.5 Å². The first-order chi connectivity index (χ1) is 13.7. The van der Waals surface area contributed by atoms with Gasteiger partial charge in [0.1, 0.15) is 0 Å². The number of para-hydroxylation sites is 1. The molecule has 0 fully saturated rings. The zero-order valence-corrected chi connectivity index (χ0v) is 16.8. The summed E-state index contributed by atoms with van der Waals surface area (Å²) >= 11 is 5.35. The molecule has 0 bridgehead atoms. The van der Waals surface area contributed by atoms with E-state index in [0.717, 1.165) is 28.4 Å². The number of hydrogen-bond donors (Lipinski definition) is 2. The minimum Gasteiger partial charge on any atom is -0.490 e. The van der Waals surface area contributed by atoms with Crippen molar-refractivity contribution in [3.05, 3.63) is 66.5 Å². The van der Waals surface area contributed by atoms with Gasteiger partial charge in [0, 0.05) is 11.9 Å². The van der Waals surface area contributed by atoms with E-state index in [4.69, 9.17) is 21.7 Å². The molecule has 3 rings (SSSR count). The first kappa shape index (κ1) is 19.7. The topological polar surface area (TPSA) is 60.3 Å². The van der Waals surface area contributed by atoms with Gasteiger partial charge in [0.25, 0.3) is 0 Å². The van der Waals surface area contributed by atoms with E-state index in [9.17, 15) is 0 Å². The second-order valence-electron chi connectivity index (χ2n) is 6.02. The lowest BCUT2D eigenvalue weighted by Crippen LogP contribution is -2.18. The van der Waals surface area contributed by atoms with Gasteiger partial charge < -0.3 is 20.1 Å². The summed E-state index contributed by atoms with van der Waals surface area (Å²) in [6.07, 6.45) is 3.66. The van der Waals surface area contributed by atoms with Gasteiger partial charge >= 0.3 is 0 Å². The van der Waals surface area contributed by atoms with Gasteiger partial charge in [-0.3, -0.25) is 4.68 Å². The van der Waals surface area contributed by atoms with Gasteiger partial charge in [-0.1, -0.05) is 24.3 Å². The van der Waals surface area contributed by atoms with Crippen molar-refractivity contribution in [3.63, 3.8) is 0 Å². The summed E-state index contributed by atoms with van der Waals surface area (Å²) < 4.78 is 13.1. The molecule has 0 saturated carbocycles. The van der Waals surface area contributed by atoms with E-state index in [1.807, 2.05) is 73.3 Å². The molecule has 0 aliphatic carbocycles. The summed E-state index contributed by atoms with van der Waals surface area (Å²) in [5.74, 6) is 1.51. The van der Waals surface area contributed by atoms with Crippen LogP contribution in [0.1, 0.15) is 19.4 Å². The van der Waals surface area contributed by atoms with Gasteiger partial charge in [0.2, 0.25) is 0 Å². The molecular formula is C21H24N4O2S. The molecule has 146 valence electrons. The molecule has 3 aromatic rings. The molecule has 28 heavy (non-hydrogen) atoms. The highest BCUT2D eigenvalue weighted by molar-refractivity contribution is 7.80. The summed E-state index contributed by atoms with van der Waals surface area (Å²) in [6.45, 7) is 5.72. The molecule has 6 nitrogen and oxygen atoms in total. The van der Waals surface area contributed by atoms with E-state index >= 15 is 0 Å². The number of benzene rings is 2. The maximum atomic E-state index is 5.69. The molecule has 0 aliphatic rings. The summed E-state index contributed by atoms with van der Waals surface area (Å²) in [7, 11) is 0. The fourth-order valence-electron chi connectivity index (χ4n) is 2.71. The van der Waals surface area contributed by atoms with Gasteiger partial charge in [0.05, 0.1) is 31.6 Å². The number of thiocarbonyl (C=S) groups is 1. The van der Waals surface area contributed by atoms with Crippen LogP contribution >= 0.6 is 12.2 Å². The quantitative estimate of drug-likeness (QED) is 0.545. The molecule has 0 amide bonds. The fourth-order valence-corrected chi connectivity index (χ4v) is 2.95. The van der Waals surface area contributed by atoms with Crippen molar-refractivity contribution < 1.29 is 9.47 Å². The van der Waals surface area contributed by atoms with Gasteiger partial charge in [-0.25, -0.2) is 0 Å². The number of nitrogens with zero attached hydrogens (tertiary/aromatic N) is 2. The number of rotatable bonds is 8. The molecule has 0 saturated heterocycles. The van der Waals surface area contributed by atoms with E-state index in [1.165, 1.54) is 0 Å². The van der Waals surface area contributed by atoms with Crippen LogP contribution in [0.25, 0.3) is 0 Å². The molecule has 0 aliphatic heterocycles. The van der Waals surface area contributed by atoms with Crippen LogP contribution < -0.4 is 20.1 Å². The highest BCUT2D eigenvalue weighted by Crippen LogP contribution is 2.28. The molecule has 1 aromatic heterocycles. The Labute approximate surface area is 170 Å². The third kappa shape index (κ3) is 5.47. The monoisotopic (exact) mass is 396 g/mol. The van der Waals surface area contributed by atoms with E-state index in [2.05, 4.69) is 15.7 Å². The van der Waals surface area contributed by atoms with Crippen LogP contribution in [0.5, 0.6) is 11.5 Å². The highest BCUT2D eigenvalue weighted by Gasteiger charge is 2.08. The van der Waals surface area contributed by atoms with Gasteiger partial charge in [-0.2, -0.15) is 5.10 Å². The van der Waals surface area contributed by atoms with E-state index in [1.54, 1.807) is 6.20 Å². The van der Waals surface area contributed by atoms with Crippen molar-refractivity contribution in [1.29, 1.82) is 0 Å². The second kappa shape index (κ2) is 9.75. The third-order valence-electron chi connectivity index (χ3n) is 3.88. The molecular weight excluding hydrogens is 372 g/mol. The third-order valence-corrected chi connectivity index (χ3v) is 4.08. The standard InChI is InChI=1S/C21H24N4O2S/c1-3-26-19-11-10-16(12-20(19)27-4-2)14-25-15-18(13-22-25)24-21(28)23-17-8-6-5-7-9-17/h5-13,15H,3-4,14H2,1-2H3,(H2,23,24,28). The first-order valence-electron chi connectivity index (χ1n) is 9.22. The molecule has 0 unspecified atom stereocenters. The number of anilines is 2. The summed E-state index contributed by atoms with van der Waals surface area (Å²) in [4.78, 5) is 0. The molecule has 1 heterocycles. The van der Waals surface area contributed by atoms with Crippen LogP contribution in [0, 0.1) is 0 Å². The lowest BCUT2D eigenvalue weighted by Gasteiger charge is -2.12. The van der Waals surface area contributed by atoms with Gasteiger partial charge in [-0.05, 0) is 55.9 Å². The summed E-state index contributed by atoms with van der Waals surface area (Å²) in [5, 5.41) is 11.2. The van der Waals surface area contributed by atoms with Crippen molar-refractivity contribution in [2.75, 3.05) is 23.8 Å². The maximum Gasteiger partial charge on any atom is 0.175 e. The van der Waals surface area contributed by atoms with Crippen LogP contribution in [0.3, 0.4) is 0 Å². The Bertz CT molecular complexity index is 912. The summed E-state index contributed by atoms with van der Waals surface area (Å²) in [6, 6.07) is 15.7. The predicted molar refractivity (Wildman–Crippen MR) is 116 cm³/mol. The molecule has 2 aromatic carbocycles. The Morgan fingerprint density at radius 2 is 1.68 bits per heavy atom. The normalized spacial score (nSPS) is 10.4. The SMILES string of the molecule is CCOc1ccc(Cn2cc(NC(=S)Nc3ccccc3)cn2)cc1OCC. The first-order valence-corrected chi connectivity index (χ1v) is 9.62. The van der Waals surface area contributed by atoms with E-state index < -0.39 is 0 Å². The Balaban J connectivity index is 1.62. The fraction of sp³-hybridized carbons (Fsp3) is 0.238. The molecule has 0 radical (unpaired) electrons. The number of aromatic nitrogens is 2. The van der Waals surface area contributed by atoms with E-state index in [-0.39, 0.29) is 0 Å². The minimum atomic E-state index is 0.519. The van der Waals surface area contributed by atoms with Crippen LogP contribution in [-0.2, 0) is 6.54 Å². The Kier molecular flexibility index (Phi) is 6.86. The molecule has 0 spiro atoms. The predicted octanol–water partition coefficient (Wildman–Crippen LogP) is 4.54. The number of hydrogen-bond acceptors (Lipinski definition) is 4. The second-order valence-corrected chi connectivity index (χ2v) is 6.43. The maximum absolute atomic E-state index is 5.69. The average molecular weight is 397 g/mol. The molecule has 0 atom stereocenters. The Morgan fingerprint density at radius 1 is 0.964 bits per heavy atom. The zero-order valence-electron chi connectivity index (χ0n) is 16.0. The molecule has 2 N–H and O–H groups in total. The van der Waals surface area contributed by atoms with Gasteiger partial charge in [-0.15, -0.1) is 0 Å². The van der Waals surface area contributed by atoms with Crippen molar-refractivity contribution in [2.24, 2.45) is 0 Å². The van der Waals surface area contributed by atoms with Crippen LogP contribution in [0.15, 0.2) is 60.9 Å². The zero-order chi connectivity index (χ0) is 19.8. The van der Waals surface area contributed by atoms with Crippen molar-refractivity contribution in [1.82, 2.24) is 9.78 Å². The number of ether oxygens (including phenoxy) is 2. The lowest BCUT2D eigenvalue weighted by atomic mass is 10.2. The summed E-state index contributed by atoms with van der Waals surface area (Å²) in [5.41, 5.74) is 2.83. The number of nitrogens with one attached hydrogen (secondary N) is 2. The smallest absolute Gasteiger partial charge is 0.175 e. The lowest BCUT2D eigenvalue weighted by molar-refractivity contribution is 0.287. The van der Waals surface area contributed by atoms with E-state index in [0.29, 0.717) is 24.9 Å². The van der Waals surface area contributed by atoms with Crippen LogP contribution in [0.2, 0.25) is 0 Å². The van der Waals surface area contributed by atoms with Crippen molar-refractivity contribution >= 4 is 28.7 Å². The Hall–Kier alpha value is -3.06. The van der Waals surface area contributed by atoms with Gasteiger partial charge in [0.15, 0.2) is 16.6 Å². The van der Waals surface area contributed by atoms with Crippen LogP contribution in [-0.4, -0.2) is 28.1 Å². The minimum absolute atomic E-state index is 0.519. The van der Waals surface area contributed by atoms with Crippen molar-refractivity contribution in [2.45, 2.75) is 20.4 Å².